The van der Waals surface area contributed by atoms with Crippen LogP contribution in [0.5, 0.6) is 0 Å². The molecule has 0 fully saturated rings. The van der Waals surface area contributed by atoms with E-state index in [-0.39, 0.29) is 0 Å². The predicted molar refractivity (Wildman–Crippen MR) is 51.9 cm³/mol. The number of rotatable bonds is 0. The quantitative estimate of drug-likeness (QED) is 0.591. The molecule has 3 heteroatoms. The minimum atomic E-state index is 0.991. The second-order valence-corrected chi connectivity index (χ2v) is 2.45. The van der Waals surface area contributed by atoms with Crippen LogP contribution in [0, 0.1) is 0 Å². The Hall–Kier alpha value is -1.90. The fourth-order valence-corrected chi connectivity index (χ4v) is 0.992. The molecule has 13 heavy (non-hydrogen) atoms. The van der Waals surface area contributed by atoms with E-state index in [1.54, 1.807) is 25.0 Å². The van der Waals surface area contributed by atoms with Crippen molar-refractivity contribution in [1.29, 1.82) is 0 Å². The molecule has 3 nitrogen and oxygen atoms in total. The minimum absolute atomic E-state index is 0.991. The lowest BCUT2D eigenvalue weighted by Crippen LogP contribution is -1.66. The molecular weight excluding hydrogens is 164 g/mol. The summed E-state index contributed by atoms with van der Waals surface area (Å²) in [5.74, 6) is 0. The monoisotopic (exact) mass is 172 g/mol. The van der Waals surface area contributed by atoms with Crippen molar-refractivity contribution in [1.82, 2.24) is 0 Å². The normalized spacial score (nSPS) is 16.0. The number of nitrogens with zero attached hydrogens (tertiary/aromatic N) is 2. The Morgan fingerprint density at radius 3 is 1.77 bits per heavy atom. The summed E-state index contributed by atoms with van der Waals surface area (Å²) in [6.07, 6.45) is 10.6. The summed E-state index contributed by atoms with van der Waals surface area (Å²) in [5, 5.41) is 0. The zero-order valence-electron chi connectivity index (χ0n) is 6.92. The van der Waals surface area contributed by atoms with Crippen LogP contribution in [-0.4, -0.2) is 12.4 Å². The molecule has 0 atom stereocenters. The molecule has 0 N–H and O–H groups in total. The summed E-state index contributed by atoms with van der Waals surface area (Å²) >= 11 is 0. The molecule has 1 aromatic heterocycles. The fraction of sp³-hybridized carbons (Fsp3) is 0. The van der Waals surface area contributed by atoms with Crippen molar-refractivity contribution in [2.45, 2.75) is 0 Å². The Labute approximate surface area is 75.8 Å². The molecule has 2 aliphatic heterocycles. The average Bonchev–Trinajstić information content (AvgIpc) is 2.84. The molecule has 64 valence electrons. The van der Waals surface area contributed by atoms with E-state index in [1.807, 2.05) is 24.3 Å². The summed E-state index contributed by atoms with van der Waals surface area (Å²) in [6.45, 7) is 0. The van der Waals surface area contributed by atoms with Gasteiger partial charge in [0.15, 0.2) is 0 Å². The van der Waals surface area contributed by atoms with Crippen LogP contribution >= 0.6 is 0 Å². The Morgan fingerprint density at radius 1 is 0.846 bits per heavy atom. The Kier molecular flexibility index (Phi) is 2.18. The molecule has 0 amide bonds. The van der Waals surface area contributed by atoms with Gasteiger partial charge in [-0.3, -0.25) is 9.98 Å². The van der Waals surface area contributed by atoms with Crippen LogP contribution in [0.4, 0.5) is 0 Å². The number of allylic oxidation sites excluding steroid dienone is 2. The second kappa shape index (κ2) is 3.67. The first-order chi connectivity index (χ1) is 6.47. The van der Waals surface area contributed by atoms with Gasteiger partial charge in [0.2, 0.25) is 0 Å². The van der Waals surface area contributed by atoms with Crippen LogP contribution < -0.4 is 0 Å². The maximum atomic E-state index is 4.58. The van der Waals surface area contributed by atoms with Gasteiger partial charge in [0, 0.05) is 12.4 Å². The molecule has 3 rings (SSSR count). The van der Waals surface area contributed by atoms with Crippen molar-refractivity contribution < 1.29 is 4.42 Å². The van der Waals surface area contributed by atoms with Gasteiger partial charge >= 0.3 is 0 Å². The van der Waals surface area contributed by atoms with E-state index in [9.17, 15) is 0 Å². The molecule has 0 aliphatic carbocycles. The maximum absolute atomic E-state index is 4.58. The lowest BCUT2D eigenvalue weighted by atomic mass is 10.4. The number of hydrogen-bond acceptors (Lipinski definition) is 3. The van der Waals surface area contributed by atoms with Crippen molar-refractivity contribution >= 4 is 12.4 Å². The number of aliphatic imine (C=N–C) groups is 2. The largest absolute Gasteiger partial charge is 0.473 e. The van der Waals surface area contributed by atoms with E-state index in [1.165, 1.54) is 0 Å². The molecule has 0 saturated carbocycles. The van der Waals surface area contributed by atoms with E-state index < -0.39 is 0 Å². The standard InChI is InChI=1S/C6H4N2.C4H4O/c1-3-7-6-2-4-8-5(1)6;1-2-4-5-3-1/h1-4H;1-4H. The van der Waals surface area contributed by atoms with Gasteiger partial charge in [-0.05, 0) is 24.3 Å². The Morgan fingerprint density at radius 2 is 1.38 bits per heavy atom. The summed E-state index contributed by atoms with van der Waals surface area (Å²) < 4.78 is 4.58. The van der Waals surface area contributed by atoms with Gasteiger partial charge in [-0.25, -0.2) is 0 Å². The maximum Gasteiger partial charge on any atom is 0.0902 e. The smallest absolute Gasteiger partial charge is 0.0902 e. The van der Waals surface area contributed by atoms with Crippen LogP contribution in [0.25, 0.3) is 0 Å². The average molecular weight is 172 g/mol. The number of hydrogen-bond donors (Lipinski definition) is 0. The van der Waals surface area contributed by atoms with Gasteiger partial charge in [0.25, 0.3) is 0 Å². The SMILES string of the molecule is C1=NC2=CC=NC2=C1.c1ccoc1. The first kappa shape index (κ1) is 7.73. The van der Waals surface area contributed by atoms with Crippen molar-refractivity contribution in [3.05, 3.63) is 48.2 Å². The molecular formula is C10H8N2O. The van der Waals surface area contributed by atoms with Gasteiger partial charge in [-0.15, -0.1) is 0 Å². The molecule has 2 aliphatic rings. The molecule has 0 radical (unpaired) electrons. The lowest BCUT2D eigenvalue weighted by Gasteiger charge is -1.83. The van der Waals surface area contributed by atoms with Gasteiger partial charge in [-0.1, -0.05) is 0 Å². The molecule has 0 aromatic carbocycles. The third-order valence-electron chi connectivity index (χ3n) is 1.58. The highest BCUT2D eigenvalue weighted by Crippen LogP contribution is 2.19. The topological polar surface area (TPSA) is 37.9 Å². The molecule has 0 bridgehead atoms. The fourth-order valence-electron chi connectivity index (χ4n) is 0.992. The third-order valence-corrected chi connectivity index (χ3v) is 1.58. The summed E-state index contributed by atoms with van der Waals surface area (Å²) in [4.78, 5) is 8.03. The van der Waals surface area contributed by atoms with Crippen LogP contribution in [0.2, 0.25) is 0 Å². The lowest BCUT2D eigenvalue weighted by molar-refractivity contribution is 0.567. The van der Waals surface area contributed by atoms with Crippen LogP contribution in [0.15, 0.2) is 62.6 Å². The van der Waals surface area contributed by atoms with Crippen LogP contribution in [-0.2, 0) is 0 Å². The third kappa shape index (κ3) is 1.82. The molecule has 3 heterocycles. The Balaban J connectivity index is 0.000000113. The van der Waals surface area contributed by atoms with Crippen LogP contribution in [0.1, 0.15) is 0 Å². The Bertz CT molecular complexity index is 340. The highest BCUT2D eigenvalue weighted by molar-refractivity contribution is 5.88. The predicted octanol–water partition coefficient (Wildman–Crippen LogP) is 2.20. The summed E-state index contributed by atoms with van der Waals surface area (Å²) in [5.41, 5.74) is 1.98. The van der Waals surface area contributed by atoms with E-state index in [4.69, 9.17) is 0 Å². The molecule has 1 aromatic rings. The zero-order valence-corrected chi connectivity index (χ0v) is 6.92. The first-order valence-electron chi connectivity index (χ1n) is 3.93. The van der Waals surface area contributed by atoms with E-state index in [2.05, 4.69) is 14.4 Å². The molecule has 0 saturated heterocycles. The highest BCUT2D eigenvalue weighted by atomic mass is 16.3. The van der Waals surface area contributed by atoms with Gasteiger partial charge in [0.1, 0.15) is 0 Å². The number of fused-ring (bicyclic) bond motifs is 1. The van der Waals surface area contributed by atoms with Crippen LogP contribution in [0.3, 0.4) is 0 Å². The number of furan rings is 1. The van der Waals surface area contributed by atoms with Gasteiger partial charge in [-0.2, -0.15) is 0 Å². The van der Waals surface area contributed by atoms with Crippen molar-refractivity contribution in [2.24, 2.45) is 9.98 Å². The highest BCUT2D eigenvalue weighted by Gasteiger charge is 2.07. The van der Waals surface area contributed by atoms with Crippen molar-refractivity contribution in [2.75, 3.05) is 0 Å². The van der Waals surface area contributed by atoms with E-state index >= 15 is 0 Å². The summed E-state index contributed by atoms with van der Waals surface area (Å²) in [6, 6.07) is 3.67. The minimum Gasteiger partial charge on any atom is -0.473 e. The second-order valence-electron chi connectivity index (χ2n) is 2.45. The van der Waals surface area contributed by atoms with Gasteiger partial charge in [0.05, 0.1) is 23.9 Å². The molecule has 0 spiro atoms. The van der Waals surface area contributed by atoms with Crippen molar-refractivity contribution in [3.8, 4) is 0 Å². The zero-order chi connectivity index (χ0) is 8.93. The van der Waals surface area contributed by atoms with E-state index in [0.29, 0.717) is 0 Å². The molecule has 0 unspecified atom stereocenters. The summed E-state index contributed by atoms with van der Waals surface area (Å²) in [7, 11) is 0. The van der Waals surface area contributed by atoms with Crippen molar-refractivity contribution in [3.63, 3.8) is 0 Å². The van der Waals surface area contributed by atoms with E-state index in [0.717, 1.165) is 11.4 Å². The van der Waals surface area contributed by atoms with Gasteiger partial charge < -0.3 is 4.42 Å². The first-order valence-corrected chi connectivity index (χ1v) is 3.93.